The summed E-state index contributed by atoms with van der Waals surface area (Å²) in [7, 11) is -4.08. The highest BCUT2D eigenvalue weighted by atomic mass is 31.2. The van der Waals surface area contributed by atoms with Gasteiger partial charge >= 0.3 is 13.3 Å². The van der Waals surface area contributed by atoms with Gasteiger partial charge < -0.3 is 32.9 Å². The summed E-state index contributed by atoms with van der Waals surface area (Å²) < 4.78 is 48.3. The maximum atomic E-state index is 13.1. The van der Waals surface area contributed by atoms with E-state index in [0.717, 1.165) is 4.57 Å². The Balaban J connectivity index is 2.45. The maximum absolute atomic E-state index is 13.1. The molecule has 1 amide bonds. The zero-order valence-corrected chi connectivity index (χ0v) is 23.6. The third-order valence-corrected chi connectivity index (χ3v) is 8.39. The number of amides is 1. The van der Waals surface area contributed by atoms with E-state index in [0.29, 0.717) is 0 Å². The van der Waals surface area contributed by atoms with E-state index in [1.54, 1.807) is 13.8 Å². The van der Waals surface area contributed by atoms with Crippen LogP contribution in [0.25, 0.3) is 0 Å². The van der Waals surface area contributed by atoms with Gasteiger partial charge in [0.25, 0.3) is 14.1 Å². The van der Waals surface area contributed by atoms with Crippen molar-refractivity contribution in [2.24, 2.45) is 5.50 Å². The van der Waals surface area contributed by atoms with Crippen LogP contribution in [0.1, 0.15) is 38.5 Å². The number of nitrogens with one attached hydrogen (secondary N) is 2. The minimum Gasteiger partial charge on any atom is -0.361 e. The summed E-state index contributed by atoms with van der Waals surface area (Å²) in [6, 6.07) is 1.93. The SMILES string of the molecule is CCOP(=O)(CC[C@H]1O[C@@H](n2cc(C)c(=O)[nH]c2=O)[C@H](OCC(=O)NC)[C@@H]1OP(N)OCCC#N)OCC. The highest BCUT2D eigenvalue weighted by Crippen LogP contribution is 2.50. The van der Waals surface area contributed by atoms with Gasteiger partial charge in [0.2, 0.25) is 5.91 Å². The topological polar surface area (TPSA) is 206 Å². The number of aromatic nitrogens is 2. The third kappa shape index (κ3) is 9.05. The van der Waals surface area contributed by atoms with Gasteiger partial charge in [-0.25, -0.2) is 4.79 Å². The molecule has 1 fully saturated rings. The quantitative estimate of drug-likeness (QED) is 0.185. The van der Waals surface area contributed by atoms with Crippen LogP contribution < -0.4 is 22.1 Å². The molecule has 0 radical (unpaired) electrons. The van der Waals surface area contributed by atoms with Gasteiger partial charge in [-0.05, 0) is 27.2 Å². The first-order valence-electron chi connectivity index (χ1n) is 12.0. The Kier molecular flexibility index (Phi) is 13.2. The second-order valence-corrected chi connectivity index (χ2v) is 11.3. The summed E-state index contributed by atoms with van der Waals surface area (Å²) in [4.78, 5) is 38.8. The van der Waals surface area contributed by atoms with Crippen molar-refractivity contribution in [2.75, 3.05) is 39.6 Å². The number of rotatable bonds is 16. The Morgan fingerprint density at radius 2 is 2.00 bits per heavy atom. The van der Waals surface area contributed by atoms with Gasteiger partial charge in [0.1, 0.15) is 18.8 Å². The zero-order chi connectivity index (χ0) is 28.3. The summed E-state index contributed by atoms with van der Waals surface area (Å²) in [5.41, 5.74) is 4.93. The van der Waals surface area contributed by atoms with E-state index in [4.69, 9.17) is 38.3 Å². The van der Waals surface area contributed by atoms with Crippen LogP contribution in [0, 0.1) is 18.3 Å². The lowest BCUT2D eigenvalue weighted by molar-refractivity contribution is -0.132. The average Bonchev–Trinajstić information content (AvgIpc) is 3.20. The molecule has 0 saturated carbocycles. The lowest BCUT2D eigenvalue weighted by Gasteiger charge is -2.27. The van der Waals surface area contributed by atoms with Crippen LogP contribution >= 0.6 is 16.1 Å². The van der Waals surface area contributed by atoms with Crippen molar-refractivity contribution in [1.29, 1.82) is 5.26 Å². The Bertz CT molecular complexity index is 1110. The predicted molar refractivity (Wildman–Crippen MR) is 136 cm³/mol. The summed E-state index contributed by atoms with van der Waals surface area (Å²) in [6.07, 6.45) is -2.68. The van der Waals surface area contributed by atoms with Crippen LogP contribution in [0.4, 0.5) is 0 Å². The Morgan fingerprint density at radius 1 is 1.32 bits per heavy atom. The number of nitrogens with zero attached hydrogens (tertiary/aromatic N) is 2. The minimum absolute atomic E-state index is 0.0204. The van der Waals surface area contributed by atoms with Gasteiger partial charge in [0, 0.05) is 18.8 Å². The van der Waals surface area contributed by atoms with Gasteiger partial charge in [-0.3, -0.25) is 29.2 Å². The number of nitrogens with two attached hydrogens (primary N) is 1. The molecule has 0 bridgehead atoms. The van der Waals surface area contributed by atoms with Crippen molar-refractivity contribution in [3.8, 4) is 6.07 Å². The van der Waals surface area contributed by atoms with E-state index >= 15 is 0 Å². The molecule has 1 unspecified atom stereocenters. The summed E-state index contributed by atoms with van der Waals surface area (Å²) in [5, 5.41) is 11.2. The van der Waals surface area contributed by atoms with E-state index in [9.17, 15) is 18.9 Å². The van der Waals surface area contributed by atoms with Crippen molar-refractivity contribution < 1.29 is 36.9 Å². The number of aryl methyl sites for hydroxylation is 1. The molecule has 15 nitrogen and oxygen atoms in total. The molecule has 214 valence electrons. The van der Waals surface area contributed by atoms with E-state index in [1.165, 1.54) is 20.2 Å². The van der Waals surface area contributed by atoms with Crippen LogP contribution in [0.5, 0.6) is 0 Å². The number of hydrogen-bond donors (Lipinski definition) is 3. The average molecular weight is 579 g/mol. The van der Waals surface area contributed by atoms with Gasteiger partial charge in [0.15, 0.2) is 6.23 Å². The number of ether oxygens (including phenoxy) is 2. The molecule has 1 aromatic heterocycles. The lowest BCUT2D eigenvalue weighted by Crippen LogP contribution is -2.42. The fraction of sp³-hybridized carbons (Fsp3) is 0.714. The first-order chi connectivity index (χ1) is 18.1. The minimum atomic E-state index is -3.48. The van der Waals surface area contributed by atoms with Crippen molar-refractivity contribution in [3.63, 3.8) is 0 Å². The van der Waals surface area contributed by atoms with Crippen LogP contribution in [-0.4, -0.2) is 73.4 Å². The molecule has 5 atom stereocenters. The lowest BCUT2D eigenvalue weighted by atomic mass is 10.1. The van der Waals surface area contributed by atoms with Crippen LogP contribution in [0.15, 0.2) is 15.8 Å². The molecule has 1 aliphatic heterocycles. The van der Waals surface area contributed by atoms with Crippen molar-refractivity contribution in [1.82, 2.24) is 14.9 Å². The van der Waals surface area contributed by atoms with Crippen LogP contribution in [0.3, 0.4) is 0 Å². The molecule has 0 aromatic carbocycles. The van der Waals surface area contributed by atoms with E-state index in [-0.39, 0.29) is 44.4 Å². The largest absolute Gasteiger partial charge is 0.361 e. The number of likely N-dealkylation sites (N-methyl/N-ethyl adjacent to an activating group) is 1. The normalized spacial score (nSPS) is 22.2. The van der Waals surface area contributed by atoms with Crippen molar-refractivity contribution in [3.05, 3.63) is 32.6 Å². The van der Waals surface area contributed by atoms with Crippen LogP contribution in [0.2, 0.25) is 0 Å². The predicted octanol–water partition coefficient (Wildman–Crippen LogP) is 1.03. The molecule has 4 N–H and O–H groups in total. The molecule has 1 aliphatic rings. The molecule has 1 aromatic rings. The fourth-order valence-corrected chi connectivity index (χ4v) is 6.18. The van der Waals surface area contributed by atoms with Gasteiger partial charge in [-0.2, -0.15) is 5.26 Å². The number of nitriles is 1. The monoisotopic (exact) mass is 579 g/mol. The number of aromatic amines is 1. The van der Waals surface area contributed by atoms with Crippen molar-refractivity contribution >= 4 is 22.0 Å². The zero-order valence-electron chi connectivity index (χ0n) is 21.8. The Hall–Kier alpha value is -1.98. The molecule has 2 rings (SSSR count). The molecular weight excluding hydrogens is 544 g/mol. The molecule has 2 heterocycles. The number of hydrogen-bond acceptors (Lipinski definition) is 12. The smallest absolute Gasteiger partial charge is 0.330 e. The van der Waals surface area contributed by atoms with E-state index < -0.39 is 64.4 Å². The van der Waals surface area contributed by atoms with Crippen molar-refractivity contribution in [2.45, 2.75) is 58.2 Å². The summed E-state index contributed by atoms with van der Waals surface area (Å²) >= 11 is 0. The first-order valence-corrected chi connectivity index (χ1v) is 15.0. The highest BCUT2D eigenvalue weighted by Gasteiger charge is 2.49. The fourth-order valence-electron chi connectivity index (χ4n) is 3.66. The summed E-state index contributed by atoms with van der Waals surface area (Å²) in [5.74, 6) is -0.451. The molecule has 38 heavy (non-hydrogen) atoms. The van der Waals surface area contributed by atoms with E-state index in [1.807, 2.05) is 6.07 Å². The standard InChI is InChI=1S/C21H35N5O10P2/c1-5-33-38(30,34-6-2)11-8-15-17(36-37(23)32-10-7-9-22)18(31-13-16(27)24-4)20(35-15)26-12-14(3)19(28)25-21(26)29/h12,15,17-18,20H,5-8,10-11,13,23H2,1-4H3,(H,24,27)(H,25,28,29)/t15-,17-,18-,20-,37?/m1/s1. The maximum Gasteiger partial charge on any atom is 0.330 e. The van der Waals surface area contributed by atoms with Gasteiger partial charge in [-0.1, -0.05) is 0 Å². The second-order valence-electron chi connectivity index (χ2n) is 8.05. The van der Waals surface area contributed by atoms with Gasteiger partial charge in [-0.15, -0.1) is 0 Å². The van der Waals surface area contributed by atoms with Crippen LogP contribution in [-0.2, 0) is 36.9 Å². The Morgan fingerprint density at radius 3 is 2.61 bits per heavy atom. The highest BCUT2D eigenvalue weighted by molar-refractivity contribution is 7.53. The molecule has 0 aliphatic carbocycles. The molecule has 1 saturated heterocycles. The number of carbonyl (C=O) groups is 1. The summed E-state index contributed by atoms with van der Waals surface area (Å²) in [6.45, 7) is 4.83. The second kappa shape index (κ2) is 15.6. The molecule has 17 heteroatoms. The molecule has 0 spiro atoms. The third-order valence-electron chi connectivity index (χ3n) is 5.39. The van der Waals surface area contributed by atoms with E-state index in [2.05, 4.69) is 10.3 Å². The number of carbonyl (C=O) groups excluding carboxylic acids is 1. The molecular formula is C21H35N5O10P2. The number of H-pyrrole nitrogens is 1. The van der Waals surface area contributed by atoms with Gasteiger partial charge in [0.05, 0.1) is 44.6 Å². The Labute approximate surface area is 221 Å². The first kappa shape index (κ1) is 32.2.